The highest BCUT2D eigenvalue weighted by Gasteiger charge is 2.35. The van der Waals surface area contributed by atoms with Gasteiger partial charge in [-0.15, -0.1) is 0 Å². The second-order valence-corrected chi connectivity index (χ2v) is 5.23. The minimum absolute atomic E-state index is 0.104. The van der Waals surface area contributed by atoms with Gasteiger partial charge in [0.05, 0.1) is 5.02 Å². The summed E-state index contributed by atoms with van der Waals surface area (Å²) in [5.41, 5.74) is 0.852. The van der Waals surface area contributed by atoms with Gasteiger partial charge in [-0.2, -0.15) is 0 Å². The quantitative estimate of drug-likeness (QED) is 0.909. The molecule has 6 nitrogen and oxygen atoms in total. The Balaban J connectivity index is 1.98. The highest BCUT2D eigenvalue weighted by Crippen LogP contribution is 2.26. The number of nitrogens with one attached hydrogen (secondary N) is 1. The fraction of sp³-hybridized carbons (Fsp3) is 0.200. The minimum Gasteiger partial charge on any atom is -0.352 e. The maximum atomic E-state index is 12.7. The first-order valence-electron chi connectivity index (χ1n) is 6.77. The van der Waals surface area contributed by atoms with E-state index in [1.807, 2.05) is 30.3 Å². The molecule has 0 saturated carbocycles. The fourth-order valence-electron chi connectivity index (χ4n) is 2.46. The van der Waals surface area contributed by atoms with Crippen LogP contribution in [-0.2, 0) is 4.79 Å². The summed E-state index contributed by atoms with van der Waals surface area (Å²) in [5, 5.41) is 2.95. The Morgan fingerprint density at radius 1 is 1.32 bits per heavy atom. The number of hydrogen-bond donors (Lipinski definition) is 1. The first-order chi connectivity index (χ1) is 10.7. The van der Waals surface area contributed by atoms with E-state index in [4.69, 9.17) is 11.6 Å². The summed E-state index contributed by atoms with van der Waals surface area (Å²) >= 11 is 6.00. The third-order valence-electron chi connectivity index (χ3n) is 3.46. The van der Waals surface area contributed by atoms with Crippen molar-refractivity contribution in [3.05, 3.63) is 59.1 Å². The summed E-state index contributed by atoms with van der Waals surface area (Å²) in [6.45, 7) is 0.793. The third-order valence-corrected chi connectivity index (χ3v) is 3.73. The Labute approximate surface area is 132 Å². The first-order valence-corrected chi connectivity index (χ1v) is 7.15. The van der Waals surface area contributed by atoms with Crippen LogP contribution in [0.3, 0.4) is 0 Å². The molecule has 0 aliphatic carbocycles. The van der Waals surface area contributed by atoms with Crippen molar-refractivity contribution >= 4 is 23.4 Å². The van der Waals surface area contributed by atoms with Gasteiger partial charge in [-0.3, -0.25) is 9.59 Å². The zero-order chi connectivity index (χ0) is 15.5. The van der Waals surface area contributed by atoms with Gasteiger partial charge in [-0.05, 0) is 5.56 Å². The lowest BCUT2D eigenvalue weighted by molar-refractivity contribution is -0.128. The molecule has 1 aliphatic rings. The number of rotatable bonds is 2. The highest BCUT2D eigenvalue weighted by atomic mass is 35.5. The lowest BCUT2D eigenvalue weighted by Crippen LogP contribution is -2.52. The lowest BCUT2D eigenvalue weighted by Gasteiger charge is -2.35. The number of piperazine rings is 1. The van der Waals surface area contributed by atoms with E-state index in [1.54, 1.807) is 0 Å². The standard InChI is InChI=1S/C15H13ClN4O2/c16-11-8-17-9-19-12(11)15(22)20-7-6-18-14(21)13(20)10-4-2-1-3-5-10/h1-5,8-9,13H,6-7H2,(H,18,21). The van der Waals surface area contributed by atoms with Crippen LogP contribution in [0.15, 0.2) is 42.9 Å². The van der Waals surface area contributed by atoms with E-state index < -0.39 is 6.04 Å². The van der Waals surface area contributed by atoms with Gasteiger partial charge in [0.2, 0.25) is 5.91 Å². The van der Waals surface area contributed by atoms with E-state index in [-0.39, 0.29) is 22.5 Å². The van der Waals surface area contributed by atoms with Crippen molar-refractivity contribution in [1.29, 1.82) is 0 Å². The molecular weight excluding hydrogens is 304 g/mol. The summed E-state index contributed by atoms with van der Waals surface area (Å²) in [7, 11) is 0. The summed E-state index contributed by atoms with van der Waals surface area (Å²) < 4.78 is 0. The molecule has 0 bridgehead atoms. The molecule has 1 atom stereocenters. The van der Waals surface area contributed by atoms with Crippen LogP contribution in [0.25, 0.3) is 0 Å². The van der Waals surface area contributed by atoms with Gasteiger partial charge in [-0.25, -0.2) is 9.97 Å². The van der Waals surface area contributed by atoms with Gasteiger partial charge >= 0.3 is 0 Å². The second-order valence-electron chi connectivity index (χ2n) is 4.82. The number of carbonyl (C=O) groups excluding carboxylic acids is 2. The van der Waals surface area contributed by atoms with Crippen molar-refractivity contribution in [2.24, 2.45) is 0 Å². The van der Waals surface area contributed by atoms with E-state index in [2.05, 4.69) is 15.3 Å². The normalized spacial score (nSPS) is 18.0. The molecule has 1 saturated heterocycles. The number of amides is 2. The summed E-state index contributed by atoms with van der Waals surface area (Å²) in [4.78, 5) is 34.2. The largest absolute Gasteiger partial charge is 0.352 e. The van der Waals surface area contributed by atoms with Crippen molar-refractivity contribution in [3.63, 3.8) is 0 Å². The molecule has 0 radical (unpaired) electrons. The molecule has 1 aromatic heterocycles. The Kier molecular flexibility index (Phi) is 4.02. The smallest absolute Gasteiger partial charge is 0.275 e. The molecular formula is C15H13ClN4O2. The Hall–Kier alpha value is -2.47. The molecule has 112 valence electrons. The number of aromatic nitrogens is 2. The minimum atomic E-state index is -0.687. The van der Waals surface area contributed by atoms with Crippen molar-refractivity contribution in [2.75, 3.05) is 13.1 Å². The van der Waals surface area contributed by atoms with Crippen molar-refractivity contribution in [2.45, 2.75) is 6.04 Å². The van der Waals surface area contributed by atoms with Gasteiger partial charge in [0.1, 0.15) is 18.1 Å². The predicted octanol–water partition coefficient (Wildman–Crippen LogP) is 1.44. The molecule has 22 heavy (non-hydrogen) atoms. The molecule has 2 aromatic rings. The molecule has 2 amide bonds. The molecule has 3 rings (SSSR count). The SMILES string of the molecule is O=C1NCCN(C(=O)c2ncncc2Cl)C1c1ccccc1. The zero-order valence-electron chi connectivity index (χ0n) is 11.6. The number of nitrogens with zero attached hydrogens (tertiary/aromatic N) is 3. The van der Waals surface area contributed by atoms with Crippen LogP contribution in [0.4, 0.5) is 0 Å². The monoisotopic (exact) mass is 316 g/mol. The van der Waals surface area contributed by atoms with Gasteiger partial charge in [0.25, 0.3) is 5.91 Å². The molecule has 2 heterocycles. The fourth-order valence-corrected chi connectivity index (χ4v) is 2.64. The summed E-state index contributed by atoms with van der Waals surface area (Å²) in [6.07, 6.45) is 2.63. The van der Waals surface area contributed by atoms with E-state index in [0.29, 0.717) is 13.1 Å². The summed E-state index contributed by atoms with van der Waals surface area (Å²) in [5.74, 6) is -0.591. The number of carbonyl (C=O) groups is 2. The molecule has 7 heteroatoms. The molecule has 1 unspecified atom stereocenters. The molecule has 0 spiro atoms. The van der Waals surface area contributed by atoms with E-state index in [1.165, 1.54) is 17.4 Å². The number of hydrogen-bond acceptors (Lipinski definition) is 4. The lowest BCUT2D eigenvalue weighted by atomic mass is 10.0. The molecule has 1 aromatic carbocycles. The van der Waals surface area contributed by atoms with Crippen molar-refractivity contribution in [1.82, 2.24) is 20.2 Å². The third kappa shape index (κ3) is 2.65. The van der Waals surface area contributed by atoms with Crippen molar-refractivity contribution in [3.8, 4) is 0 Å². The van der Waals surface area contributed by atoms with Crippen LogP contribution < -0.4 is 5.32 Å². The van der Waals surface area contributed by atoms with Crippen LogP contribution in [0.1, 0.15) is 22.1 Å². The van der Waals surface area contributed by atoms with Crippen LogP contribution in [0.5, 0.6) is 0 Å². The van der Waals surface area contributed by atoms with Crippen LogP contribution in [-0.4, -0.2) is 39.8 Å². The van der Waals surface area contributed by atoms with Crippen LogP contribution in [0.2, 0.25) is 5.02 Å². The molecule has 1 fully saturated rings. The van der Waals surface area contributed by atoms with E-state index in [9.17, 15) is 9.59 Å². The van der Waals surface area contributed by atoms with Crippen LogP contribution in [0, 0.1) is 0 Å². The second kappa shape index (κ2) is 6.11. The molecule has 1 N–H and O–H groups in total. The first kappa shape index (κ1) is 14.5. The Bertz CT molecular complexity index is 708. The number of benzene rings is 1. The van der Waals surface area contributed by atoms with Crippen molar-refractivity contribution < 1.29 is 9.59 Å². The Morgan fingerprint density at radius 3 is 2.82 bits per heavy atom. The highest BCUT2D eigenvalue weighted by molar-refractivity contribution is 6.33. The van der Waals surface area contributed by atoms with E-state index in [0.717, 1.165) is 5.56 Å². The Morgan fingerprint density at radius 2 is 2.09 bits per heavy atom. The zero-order valence-corrected chi connectivity index (χ0v) is 12.3. The van der Waals surface area contributed by atoms with Gasteiger partial charge in [0.15, 0.2) is 0 Å². The van der Waals surface area contributed by atoms with Gasteiger partial charge < -0.3 is 10.2 Å². The molecule has 1 aliphatic heterocycles. The van der Waals surface area contributed by atoms with Gasteiger partial charge in [0, 0.05) is 19.3 Å². The number of halogens is 1. The van der Waals surface area contributed by atoms with Crippen LogP contribution >= 0.6 is 11.6 Å². The van der Waals surface area contributed by atoms with E-state index >= 15 is 0 Å². The topological polar surface area (TPSA) is 75.2 Å². The average molecular weight is 317 g/mol. The van der Waals surface area contributed by atoms with Gasteiger partial charge in [-0.1, -0.05) is 41.9 Å². The average Bonchev–Trinajstić information content (AvgIpc) is 2.55. The summed E-state index contributed by atoms with van der Waals surface area (Å²) in [6, 6.07) is 8.47. The maximum Gasteiger partial charge on any atom is 0.275 e. The predicted molar refractivity (Wildman–Crippen MR) is 80.3 cm³/mol. The maximum absolute atomic E-state index is 12.7.